The van der Waals surface area contributed by atoms with Crippen molar-refractivity contribution in [3.63, 3.8) is 0 Å². The van der Waals surface area contributed by atoms with Gasteiger partial charge in [-0.1, -0.05) is 23.8 Å². The molecule has 0 heterocycles. The summed E-state index contributed by atoms with van der Waals surface area (Å²) in [4.78, 5) is 0.290. The first-order chi connectivity index (χ1) is 11.5. The smallest absolute Gasteiger partial charge is 0.243 e. The van der Waals surface area contributed by atoms with Crippen LogP contribution in [-0.4, -0.2) is 45.3 Å². The highest BCUT2D eigenvalue weighted by molar-refractivity contribution is 7.89. The maximum atomic E-state index is 13.0. The van der Waals surface area contributed by atoms with Crippen LogP contribution in [0.1, 0.15) is 32.3 Å². The number of unbranched alkanes of at least 4 members (excludes halogenated alkanes) is 1. The number of hydrogen-bond acceptors (Lipinski definition) is 4. The summed E-state index contributed by atoms with van der Waals surface area (Å²) in [5, 5.41) is 0. The van der Waals surface area contributed by atoms with E-state index in [9.17, 15) is 8.42 Å². The predicted molar refractivity (Wildman–Crippen MR) is 96.4 cm³/mol. The number of ether oxygens (including phenoxy) is 2. The average Bonchev–Trinajstić information content (AvgIpc) is 2.55. The van der Waals surface area contributed by atoms with Crippen LogP contribution >= 0.6 is 0 Å². The van der Waals surface area contributed by atoms with E-state index in [-0.39, 0.29) is 6.54 Å². The molecule has 0 N–H and O–H groups in total. The molecular formula is C18H29NO4S. The van der Waals surface area contributed by atoms with Gasteiger partial charge in [0.05, 0.1) is 11.4 Å². The van der Waals surface area contributed by atoms with Crippen LogP contribution in [0.15, 0.2) is 41.8 Å². The molecule has 1 aromatic carbocycles. The van der Waals surface area contributed by atoms with Crippen molar-refractivity contribution in [3.8, 4) is 0 Å². The van der Waals surface area contributed by atoms with Crippen molar-refractivity contribution in [3.05, 3.63) is 42.5 Å². The van der Waals surface area contributed by atoms with Crippen LogP contribution in [0.2, 0.25) is 0 Å². The molecular weight excluding hydrogens is 326 g/mol. The molecule has 0 aliphatic rings. The van der Waals surface area contributed by atoms with Crippen molar-refractivity contribution >= 4 is 10.0 Å². The summed E-state index contributed by atoms with van der Waals surface area (Å²) < 4.78 is 38.4. The molecule has 0 unspecified atom stereocenters. The lowest BCUT2D eigenvalue weighted by Crippen LogP contribution is -2.40. The Bertz CT molecular complexity index is 578. The second-order valence-corrected chi connectivity index (χ2v) is 7.39. The fourth-order valence-corrected chi connectivity index (χ4v) is 3.74. The highest BCUT2D eigenvalue weighted by Gasteiger charge is 2.27. The van der Waals surface area contributed by atoms with Crippen molar-refractivity contribution in [1.29, 1.82) is 0 Å². The molecule has 6 heteroatoms. The third kappa shape index (κ3) is 6.36. The number of sulfonamides is 1. The normalized spacial score (nSPS) is 12.0. The first-order valence-corrected chi connectivity index (χ1v) is 9.80. The summed E-state index contributed by atoms with van der Waals surface area (Å²) in [5.74, 6) is 0. The molecule has 0 atom stereocenters. The van der Waals surface area contributed by atoms with Gasteiger partial charge < -0.3 is 9.47 Å². The van der Waals surface area contributed by atoms with E-state index in [2.05, 4.69) is 6.58 Å². The van der Waals surface area contributed by atoms with Gasteiger partial charge in [0.2, 0.25) is 10.0 Å². The minimum absolute atomic E-state index is 0.176. The van der Waals surface area contributed by atoms with Crippen molar-refractivity contribution in [1.82, 2.24) is 4.31 Å². The average molecular weight is 356 g/mol. The molecule has 5 nitrogen and oxygen atoms in total. The zero-order chi connectivity index (χ0) is 18.0. The summed E-state index contributed by atoms with van der Waals surface area (Å²) in [5.41, 5.74) is 1.02. The quantitative estimate of drug-likeness (QED) is 0.328. The van der Waals surface area contributed by atoms with Gasteiger partial charge in [0.15, 0.2) is 6.29 Å². The molecule has 24 heavy (non-hydrogen) atoms. The molecule has 0 aliphatic heterocycles. The Kier molecular flexibility index (Phi) is 9.21. The van der Waals surface area contributed by atoms with E-state index >= 15 is 0 Å². The van der Waals surface area contributed by atoms with Gasteiger partial charge in [0, 0.05) is 19.8 Å². The third-order valence-electron chi connectivity index (χ3n) is 3.53. The molecule has 0 radical (unpaired) electrons. The highest BCUT2D eigenvalue weighted by Crippen LogP contribution is 2.18. The molecule has 0 fully saturated rings. The molecule has 0 saturated heterocycles. The topological polar surface area (TPSA) is 55.8 Å². The van der Waals surface area contributed by atoms with Crippen LogP contribution in [0.25, 0.3) is 0 Å². The van der Waals surface area contributed by atoms with E-state index in [1.807, 2.05) is 20.8 Å². The van der Waals surface area contributed by atoms with Crippen LogP contribution in [-0.2, 0) is 19.5 Å². The van der Waals surface area contributed by atoms with Crippen LogP contribution in [0, 0.1) is 6.92 Å². The molecule has 1 aromatic rings. The lowest BCUT2D eigenvalue weighted by Gasteiger charge is -2.26. The fourth-order valence-electron chi connectivity index (χ4n) is 2.27. The molecule has 0 amide bonds. The van der Waals surface area contributed by atoms with Crippen molar-refractivity contribution in [2.45, 2.75) is 44.8 Å². The summed E-state index contributed by atoms with van der Waals surface area (Å²) in [6.45, 7) is 10.9. The Morgan fingerprint density at radius 2 is 1.75 bits per heavy atom. The van der Waals surface area contributed by atoms with Gasteiger partial charge in [-0.15, -0.1) is 6.58 Å². The van der Waals surface area contributed by atoms with Crippen molar-refractivity contribution in [2.24, 2.45) is 0 Å². The number of aryl methyl sites for hydroxylation is 1. The van der Waals surface area contributed by atoms with Crippen molar-refractivity contribution < 1.29 is 17.9 Å². The maximum absolute atomic E-state index is 13.0. The standard InChI is InChI=1S/C18H29NO4S/c1-5-8-9-14-19(15-18(22-6-2)23-7-3)24(20,21)17-12-10-16(4)11-13-17/h5,10-13,18H,1,6-9,14-15H2,2-4H3. The largest absolute Gasteiger partial charge is 0.352 e. The third-order valence-corrected chi connectivity index (χ3v) is 5.41. The Morgan fingerprint density at radius 1 is 1.17 bits per heavy atom. The van der Waals surface area contributed by atoms with E-state index < -0.39 is 16.3 Å². The van der Waals surface area contributed by atoms with Crippen LogP contribution in [0.5, 0.6) is 0 Å². The van der Waals surface area contributed by atoms with Gasteiger partial charge >= 0.3 is 0 Å². The molecule has 0 spiro atoms. The number of benzene rings is 1. The Labute approximate surface area is 146 Å². The Balaban J connectivity index is 3.01. The minimum Gasteiger partial charge on any atom is -0.352 e. The van der Waals surface area contributed by atoms with Crippen molar-refractivity contribution in [2.75, 3.05) is 26.3 Å². The summed E-state index contributed by atoms with van der Waals surface area (Å²) in [6, 6.07) is 6.89. The molecule has 0 bridgehead atoms. The molecule has 136 valence electrons. The van der Waals surface area contributed by atoms with Gasteiger partial charge in [0.1, 0.15) is 0 Å². The van der Waals surface area contributed by atoms with Gasteiger partial charge in [-0.05, 0) is 45.7 Å². The zero-order valence-corrected chi connectivity index (χ0v) is 15.7. The molecule has 1 rings (SSSR count). The summed E-state index contributed by atoms with van der Waals surface area (Å²) in [7, 11) is -3.59. The first-order valence-electron chi connectivity index (χ1n) is 8.36. The maximum Gasteiger partial charge on any atom is 0.243 e. The second kappa shape index (κ2) is 10.6. The second-order valence-electron chi connectivity index (χ2n) is 5.45. The monoisotopic (exact) mass is 355 g/mol. The van der Waals surface area contributed by atoms with Crippen LogP contribution in [0.4, 0.5) is 0 Å². The fraction of sp³-hybridized carbons (Fsp3) is 0.556. The van der Waals surface area contributed by atoms with Gasteiger partial charge in [-0.25, -0.2) is 8.42 Å². The summed E-state index contributed by atoms with van der Waals surface area (Å²) >= 11 is 0. The number of allylic oxidation sites excluding steroid dienone is 1. The van der Waals surface area contributed by atoms with E-state index in [1.54, 1.807) is 30.3 Å². The van der Waals surface area contributed by atoms with E-state index in [4.69, 9.17) is 9.47 Å². The van der Waals surface area contributed by atoms with Gasteiger partial charge in [0.25, 0.3) is 0 Å². The number of hydrogen-bond donors (Lipinski definition) is 0. The van der Waals surface area contributed by atoms with E-state index in [0.717, 1.165) is 12.0 Å². The highest BCUT2D eigenvalue weighted by atomic mass is 32.2. The SMILES string of the molecule is C=CCCCN(CC(OCC)OCC)S(=O)(=O)c1ccc(C)cc1. The number of nitrogens with zero attached hydrogens (tertiary/aromatic N) is 1. The Hall–Kier alpha value is -1.21. The molecule has 0 aliphatic carbocycles. The lowest BCUT2D eigenvalue weighted by atomic mass is 10.2. The van der Waals surface area contributed by atoms with Gasteiger partial charge in [-0.2, -0.15) is 4.31 Å². The van der Waals surface area contributed by atoms with Crippen LogP contribution < -0.4 is 0 Å². The van der Waals surface area contributed by atoms with Gasteiger partial charge in [-0.3, -0.25) is 0 Å². The predicted octanol–water partition coefficient (Wildman–Crippen LogP) is 3.35. The molecule has 0 saturated carbocycles. The zero-order valence-electron chi connectivity index (χ0n) is 14.9. The molecule has 0 aromatic heterocycles. The number of rotatable bonds is 12. The lowest BCUT2D eigenvalue weighted by molar-refractivity contribution is -0.140. The van der Waals surface area contributed by atoms with E-state index in [1.165, 1.54) is 4.31 Å². The minimum atomic E-state index is -3.59. The first kappa shape index (κ1) is 20.8. The van der Waals surface area contributed by atoms with E-state index in [0.29, 0.717) is 31.1 Å². The van der Waals surface area contributed by atoms with Crippen LogP contribution in [0.3, 0.4) is 0 Å². The Morgan fingerprint density at radius 3 is 2.25 bits per heavy atom. The summed E-state index contributed by atoms with van der Waals surface area (Å²) in [6.07, 6.45) is 2.69.